The molecule has 1 aliphatic heterocycles. The van der Waals surface area contributed by atoms with Gasteiger partial charge in [-0.1, -0.05) is 35.3 Å². The maximum Gasteiger partial charge on any atom is 0.285 e. The van der Waals surface area contributed by atoms with E-state index < -0.39 is 5.56 Å². The van der Waals surface area contributed by atoms with E-state index in [1.54, 1.807) is 12.1 Å². The van der Waals surface area contributed by atoms with Crippen LogP contribution in [0.1, 0.15) is 11.3 Å². The maximum atomic E-state index is 11.7. The average Bonchev–Trinajstić information content (AvgIpc) is 2.65. The summed E-state index contributed by atoms with van der Waals surface area (Å²) in [5.41, 5.74) is 1.89. The van der Waals surface area contributed by atoms with Crippen LogP contribution in [0.4, 0.5) is 5.69 Å². The number of aromatic amines is 1. The van der Waals surface area contributed by atoms with Gasteiger partial charge in [0.1, 0.15) is 17.1 Å². The lowest BCUT2D eigenvalue weighted by atomic mass is 10.1. The van der Waals surface area contributed by atoms with Crippen LogP contribution in [0, 0.1) is 0 Å². The van der Waals surface area contributed by atoms with Crippen molar-refractivity contribution in [3.05, 3.63) is 68.4 Å². The van der Waals surface area contributed by atoms with Crippen LogP contribution in [0.2, 0.25) is 10.0 Å². The zero-order valence-corrected chi connectivity index (χ0v) is 15.0. The first kappa shape index (κ1) is 16.8. The molecule has 7 nitrogen and oxygen atoms in total. The van der Waals surface area contributed by atoms with Crippen molar-refractivity contribution in [1.29, 1.82) is 0 Å². The Kier molecular flexibility index (Phi) is 4.48. The van der Waals surface area contributed by atoms with E-state index in [4.69, 9.17) is 27.9 Å². The summed E-state index contributed by atoms with van der Waals surface area (Å²) in [4.78, 5) is 22.3. The van der Waals surface area contributed by atoms with Crippen molar-refractivity contribution in [3.8, 4) is 11.6 Å². The first-order chi connectivity index (χ1) is 12.6. The molecule has 1 N–H and O–H groups in total. The Morgan fingerprint density at radius 3 is 2.88 bits per heavy atom. The summed E-state index contributed by atoms with van der Waals surface area (Å²) >= 11 is 12.3. The highest BCUT2D eigenvalue weighted by molar-refractivity contribution is 6.33. The van der Waals surface area contributed by atoms with Crippen molar-refractivity contribution in [2.45, 2.75) is 13.0 Å². The van der Waals surface area contributed by atoms with Crippen LogP contribution < -0.4 is 15.2 Å². The first-order valence-corrected chi connectivity index (χ1v) is 8.62. The summed E-state index contributed by atoms with van der Waals surface area (Å²) in [6.07, 6.45) is 3.63. The number of para-hydroxylation sites is 1. The third kappa shape index (κ3) is 3.11. The molecule has 0 bridgehead atoms. The van der Waals surface area contributed by atoms with E-state index in [1.165, 1.54) is 12.5 Å². The predicted octanol–water partition coefficient (Wildman–Crippen LogP) is 3.22. The molecule has 1 aliphatic rings. The van der Waals surface area contributed by atoms with Crippen molar-refractivity contribution in [2.24, 2.45) is 0 Å². The number of benzene rings is 1. The number of H-pyrrole nitrogens is 1. The van der Waals surface area contributed by atoms with Crippen LogP contribution in [0.25, 0.3) is 0 Å². The Balaban J connectivity index is 1.64. The lowest BCUT2D eigenvalue weighted by Gasteiger charge is -2.30. The second-order valence-electron chi connectivity index (χ2n) is 5.71. The summed E-state index contributed by atoms with van der Waals surface area (Å²) in [6.45, 7) is 1.10. The minimum Gasteiger partial charge on any atom is -0.437 e. The van der Waals surface area contributed by atoms with Crippen LogP contribution in [0.3, 0.4) is 0 Å². The highest BCUT2D eigenvalue weighted by atomic mass is 35.5. The van der Waals surface area contributed by atoms with E-state index in [-0.39, 0.29) is 5.02 Å². The highest BCUT2D eigenvalue weighted by Crippen LogP contribution is 2.33. The molecule has 0 saturated carbocycles. The number of ether oxygens (including phenoxy) is 1. The average molecular weight is 390 g/mol. The number of rotatable bonds is 3. The number of aromatic nitrogens is 4. The van der Waals surface area contributed by atoms with Crippen LogP contribution in [-0.4, -0.2) is 26.7 Å². The first-order valence-electron chi connectivity index (χ1n) is 7.86. The fourth-order valence-corrected chi connectivity index (χ4v) is 3.23. The Morgan fingerprint density at radius 1 is 1.19 bits per heavy atom. The van der Waals surface area contributed by atoms with Crippen LogP contribution in [0.15, 0.2) is 41.6 Å². The Bertz CT molecular complexity index is 1020. The summed E-state index contributed by atoms with van der Waals surface area (Å²) < 4.78 is 5.90. The molecular formula is C17H13Cl2N5O2. The summed E-state index contributed by atoms with van der Waals surface area (Å²) in [5.74, 6) is 1.03. The quantitative estimate of drug-likeness (QED) is 0.740. The third-order valence-corrected chi connectivity index (χ3v) is 4.81. The van der Waals surface area contributed by atoms with E-state index in [0.717, 1.165) is 11.3 Å². The molecule has 26 heavy (non-hydrogen) atoms. The Labute approximate surface area is 158 Å². The molecule has 0 amide bonds. The van der Waals surface area contributed by atoms with Gasteiger partial charge in [-0.05, 0) is 18.6 Å². The highest BCUT2D eigenvalue weighted by Gasteiger charge is 2.24. The molecule has 0 saturated heterocycles. The molecule has 1 aromatic carbocycles. The molecule has 0 unspecified atom stereocenters. The molecule has 2 aromatic heterocycles. The summed E-state index contributed by atoms with van der Waals surface area (Å²) in [5, 5.41) is 6.77. The van der Waals surface area contributed by atoms with Crippen LogP contribution >= 0.6 is 23.2 Å². The van der Waals surface area contributed by atoms with Crippen molar-refractivity contribution < 1.29 is 4.74 Å². The number of hydrogen-bond donors (Lipinski definition) is 1. The normalized spacial score (nSPS) is 13.4. The molecule has 0 radical (unpaired) electrons. The van der Waals surface area contributed by atoms with Crippen molar-refractivity contribution in [3.63, 3.8) is 0 Å². The van der Waals surface area contributed by atoms with E-state index in [9.17, 15) is 4.79 Å². The van der Waals surface area contributed by atoms with E-state index >= 15 is 0 Å². The second-order valence-corrected chi connectivity index (χ2v) is 6.49. The van der Waals surface area contributed by atoms with Crippen molar-refractivity contribution in [1.82, 2.24) is 20.2 Å². The predicted molar refractivity (Wildman–Crippen MR) is 98.2 cm³/mol. The summed E-state index contributed by atoms with van der Waals surface area (Å²) in [7, 11) is 0. The molecule has 4 rings (SSSR count). The number of hydrogen-bond acceptors (Lipinski definition) is 6. The minimum atomic E-state index is -0.416. The monoisotopic (exact) mass is 389 g/mol. The van der Waals surface area contributed by atoms with Gasteiger partial charge in [-0.2, -0.15) is 5.10 Å². The molecule has 3 heterocycles. The minimum absolute atomic E-state index is 0.116. The Hall–Kier alpha value is -2.64. The van der Waals surface area contributed by atoms with Gasteiger partial charge in [-0.15, -0.1) is 0 Å². The van der Waals surface area contributed by atoms with Gasteiger partial charge in [0.15, 0.2) is 0 Å². The lowest BCUT2D eigenvalue weighted by Crippen LogP contribution is -2.33. The smallest absolute Gasteiger partial charge is 0.285 e. The summed E-state index contributed by atoms with van der Waals surface area (Å²) in [6, 6.07) is 7.22. The van der Waals surface area contributed by atoms with Crippen molar-refractivity contribution in [2.75, 3.05) is 11.4 Å². The standard InChI is InChI=1S/C17H13Cl2N5O2/c18-11-3-1-2-4-14(11)26-17-10-5-6-24(8-12(10)20-9-21-17)13-7-22-23-16(25)15(13)19/h1-4,7,9H,5-6,8H2,(H,23,25). The SMILES string of the molecule is O=c1[nH]ncc(N2CCc3c(ncnc3Oc3ccccc3Cl)C2)c1Cl. The molecule has 0 atom stereocenters. The zero-order chi connectivity index (χ0) is 18.1. The van der Waals surface area contributed by atoms with Crippen molar-refractivity contribution >= 4 is 28.9 Å². The molecule has 3 aromatic rings. The maximum absolute atomic E-state index is 11.7. The largest absolute Gasteiger partial charge is 0.437 e. The number of fused-ring (bicyclic) bond motifs is 1. The van der Waals surface area contributed by atoms with Crippen LogP contribution in [0.5, 0.6) is 11.6 Å². The molecular weight excluding hydrogens is 377 g/mol. The van der Waals surface area contributed by atoms with E-state index in [1.807, 2.05) is 17.0 Å². The van der Waals surface area contributed by atoms with Gasteiger partial charge in [0.25, 0.3) is 5.56 Å². The lowest BCUT2D eigenvalue weighted by molar-refractivity contribution is 0.449. The number of anilines is 1. The van der Waals surface area contributed by atoms with Gasteiger partial charge in [-0.3, -0.25) is 4.79 Å². The Morgan fingerprint density at radius 2 is 2.04 bits per heavy atom. The number of nitrogens with zero attached hydrogens (tertiary/aromatic N) is 4. The van der Waals surface area contributed by atoms with Gasteiger partial charge in [0, 0.05) is 12.1 Å². The molecule has 0 fully saturated rings. The molecule has 0 aliphatic carbocycles. The van der Waals surface area contributed by atoms with E-state index in [0.29, 0.717) is 41.8 Å². The molecule has 0 spiro atoms. The van der Waals surface area contributed by atoms with Gasteiger partial charge in [-0.25, -0.2) is 15.1 Å². The van der Waals surface area contributed by atoms with E-state index in [2.05, 4.69) is 20.2 Å². The molecule has 132 valence electrons. The number of nitrogens with one attached hydrogen (secondary N) is 1. The fraction of sp³-hybridized carbons (Fsp3) is 0.176. The topological polar surface area (TPSA) is 84.0 Å². The third-order valence-electron chi connectivity index (χ3n) is 4.13. The fourth-order valence-electron chi connectivity index (χ4n) is 2.84. The zero-order valence-electron chi connectivity index (χ0n) is 13.4. The van der Waals surface area contributed by atoms with Gasteiger partial charge < -0.3 is 9.64 Å². The van der Waals surface area contributed by atoms with Crippen LogP contribution in [-0.2, 0) is 13.0 Å². The van der Waals surface area contributed by atoms with Gasteiger partial charge >= 0.3 is 0 Å². The van der Waals surface area contributed by atoms with Gasteiger partial charge in [0.05, 0.1) is 29.1 Å². The second kappa shape index (κ2) is 6.93. The van der Waals surface area contributed by atoms with Gasteiger partial charge in [0.2, 0.25) is 5.88 Å². The number of halogens is 2. The molecule has 9 heteroatoms.